The molecular formula is C12H13IO4S. The second kappa shape index (κ2) is 5.83. The number of ether oxygens (including phenoxy) is 1. The Morgan fingerprint density at radius 1 is 1.44 bits per heavy atom. The van der Waals surface area contributed by atoms with Crippen molar-refractivity contribution in [2.75, 3.05) is 7.11 Å². The molecule has 0 radical (unpaired) electrons. The second-order valence-corrected chi connectivity index (χ2v) is 8.28. The van der Waals surface area contributed by atoms with Crippen LogP contribution in [0.25, 0.3) is 0 Å². The molecule has 18 heavy (non-hydrogen) atoms. The van der Waals surface area contributed by atoms with Crippen LogP contribution in [0.5, 0.6) is 0 Å². The van der Waals surface area contributed by atoms with E-state index in [2.05, 4.69) is 11.3 Å². The number of halogens is 1. The molecular weight excluding hydrogens is 367 g/mol. The monoisotopic (exact) mass is 380 g/mol. The fraction of sp³-hybridized carbons (Fsp3) is 0.250. The minimum atomic E-state index is -3.83. The molecule has 1 rings (SSSR count). The highest BCUT2D eigenvalue weighted by molar-refractivity contribution is 14.1. The smallest absolute Gasteiger partial charge is 0.338 e. The van der Waals surface area contributed by atoms with Crippen LogP contribution in [0, 0.1) is 0 Å². The molecule has 0 aliphatic carbocycles. The molecule has 0 saturated heterocycles. The van der Waals surface area contributed by atoms with Gasteiger partial charge in [0.1, 0.15) is 0 Å². The Morgan fingerprint density at radius 2 is 2.00 bits per heavy atom. The molecule has 0 N–H and O–H groups in total. The molecule has 1 atom stereocenters. The van der Waals surface area contributed by atoms with Crippen LogP contribution in [0.15, 0.2) is 47.9 Å². The highest BCUT2D eigenvalue weighted by Gasteiger charge is 2.49. The van der Waals surface area contributed by atoms with E-state index in [1.54, 1.807) is 40.8 Å². The zero-order chi connectivity index (χ0) is 13.8. The predicted molar refractivity (Wildman–Crippen MR) is 77.2 cm³/mol. The van der Waals surface area contributed by atoms with Crippen LogP contribution in [0.4, 0.5) is 0 Å². The van der Waals surface area contributed by atoms with Gasteiger partial charge >= 0.3 is 5.97 Å². The number of allylic oxidation sites excluding steroid dienone is 1. The van der Waals surface area contributed by atoms with E-state index in [0.29, 0.717) is 0 Å². The lowest BCUT2D eigenvalue weighted by molar-refractivity contribution is -0.140. The number of hydrogen-bond donors (Lipinski definition) is 0. The van der Waals surface area contributed by atoms with Gasteiger partial charge in [0.15, 0.2) is 0 Å². The largest absolute Gasteiger partial charge is 0.467 e. The van der Waals surface area contributed by atoms with Gasteiger partial charge < -0.3 is 4.74 Å². The third-order valence-electron chi connectivity index (χ3n) is 2.38. The highest BCUT2D eigenvalue weighted by atomic mass is 127. The fourth-order valence-electron chi connectivity index (χ4n) is 1.43. The average molecular weight is 380 g/mol. The maximum atomic E-state index is 12.5. The van der Waals surface area contributed by atoms with Gasteiger partial charge in [-0.15, -0.1) is 6.58 Å². The van der Waals surface area contributed by atoms with Gasteiger partial charge in [0, 0.05) is 6.42 Å². The summed E-state index contributed by atoms with van der Waals surface area (Å²) in [6.07, 6.45) is 1.38. The third kappa shape index (κ3) is 2.59. The Balaban J connectivity index is 3.38. The van der Waals surface area contributed by atoms with Crippen molar-refractivity contribution in [3.63, 3.8) is 0 Å². The van der Waals surface area contributed by atoms with E-state index in [9.17, 15) is 13.2 Å². The van der Waals surface area contributed by atoms with Gasteiger partial charge in [-0.2, -0.15) is 0 Å². The number of alkyl halides is 1. The zero-order valence-corrected chi connectivity index (χ0v) is 12.8. The molecule has 0 aromatic heterocycles. The molecule has 0 bridgehead atoms. The summed E-state index contributed by atoms with van der Waals surface area (Å²) in [6.45, 7) is 3.49. The van der Waals surface area contributed by atoms with Gasteiger partial charge in [-0.1, -0.05) is 24.3 Å². The summed E-state index contributed by atoms with van der Waals surface area (Å²) < 4.78 is 27.9. The maximum absolute atomic E-state index is 12.5. The van der Waals surface area contributed by atoms with E-state index in [1.807, 2.05) is 0 Å². The molecule has 0 heterocycles. The molecule has 0 saturated carbocycles. The molecule has 1 aromatic carbocycles. The van der Waals surface area contributed by atoms with Gasteiger partial charge in [-0.05, 0) is 34.7 Å². The van der Waals surface area contributed by atoms with Crippen LogP contribution in [-0.2, 0) is 19.4 Å². The topological polar surface area (TPSA) is 60.4 Å². The molecule has 98 valence electrons. The van der Waals surface area contributed by atoms with Crippen LogP contribution in [0.1, 0.15) is 6.42 Å². The summed E-state index contributed by atoms with van der Waals surface area (Å²) in [6, 6.07) is 7.83. The number of methoxy groups -OCH3 is 1. The summed E-state index contributed by atoms with van der Waals surface area (Å²) in [5, 5.41) is 0. The number of benzene rings is 1. The Bertz CT molecular complexity index is 538. The van der Waals surface area contributed by atoms with Crippen molar-refractivity contribution in [1.82, 2.24) is 0 Å². The molecule has 0 aliphatic rings. The van der Waals surface area contributed by atoms with E-state index < -0.39 is 18.6 Å². The summed E-state index contributed by atoms with van der Waals surface area (Å²) in [5.74, 6) is -0.799. The normalized spacial score (nSPS) is 14.6. The Morgan fingerprint density at radius 3 is 2.44 bits per heavy atom. The number of hydrogen-bond acceptors (Lipinski definition) is 4. The molecule has 0 amide bonds. The van der Waals surface area contributed by atoms with Gasteiger partial charge in [0.2, 0.25) is 12.6 Å². The lowest BCUT2D eigenvalue weighted by Gasteiger charge is -2.23. The summed E-state index contributed by atoms with van der Waals surface area (Å²) >= 11 is 1.61. The molecule has 1 aromatic rings. The van der Waals surface area contributed by atoms with E-state index in [-0.39, 0.29) is 11.3 Å². The van der Waals surface area contributed by atoms with Crippen molar-refractivity contribution in [3.05, 3.63) is 43.0 Å². The van der Waals surface area contributed by atoms with Crippen molar-refractivity contribution in [3.8, 4) is 0 Å². The Kier molecular flexibility index (Phi) is 4.92. The van der Waals surface area contributed by atoms with Gasteiger partial charge in [-0.25, -0.2) is 13.2 Å². The van der Waals surface area contributed by atoms with Crippen molar-refractivity contribution in [2.24, 2.45) is 0 Å². The highest BCUT2D eigenvalue weighted by Crippen LogP contribution is 2.36. The van der Waals surface area contributed by atoms with Gasteiger partial charge in [0.05, 0.1) is 12.0 Å². The fourth-order valence-corrected chi connectivity index (χ4v) is 4.25. The van der Waals surface area contributed by atoms with Crippen molar-refractivity contribution < 1.29 is 17.9 Å². The molecule has 0 spiro atoms. The van der Waals surface area contributed by atoms with Crippen LogP contribution in [0.3, 0.4) is 0 Å². The van der Waals surface area contributed by atoms with E-state index in [4.69, 9.17) is 0 Å². The first-order chi connectivity index (χ1) is 8.40. The molecule has 1 unspecified atom stereocenters. The quantitative estimate of drug-likeness (QED) is 0.341. The van der Waals surface area contributed by atoms with Crippen molar-refractivity contribution in [1.29, 1.82) is 0 Å². The molecule has 0 fully saturated rings. The number of esters is 1. The predicted octanol–water partition coefficient (Wildman–Crippen LogP) is 2.34. The molecule has 0 aliphatic heterocycles. The van der Waals surface area contributed by atoms with E-state index >= 15 is 0 Å². The van der Waals surface area contributed by atoms with Crippen LogP contribution < -0.4 is 0 Å². The second-order valence-electron chi connectivity index (χ2n) is 3.53. The van der Waals surface area contributed by atoms with Crippen LogP contribution in [-0.4, -0.2) is 24.3 Å². The number of rotatable bonds is 5. The Labute approximate surface area is 120 Å². The van der Waals surface area contributed by atoms with E-state index in [0.717, 1.165) is 0 Å². The summed E-state index contributed by atoms with van der Waals surface area (Å²) in [4.78, 5) is 11.9. The summed E-state index contributed by atoms with van der Waals surface area (Å²) in [7, 11) is -2.67. The maximum Gasteiger partial charge on any atom is 0.338 e. The van der Waals surface area contributed by atoms with Gasteiger partial charge in [-0.3, -0.25) is 0 Å². The van der Waals surface area contributed by atoms with Crippen molar-refractivity contribution in [2.45, 2.75) is 14.1 Å². The van der Waals surface area contributed by atoms with Crippen LogP contribution in [0.2, 0.25) is 0 Å². The number of carbonyl (C=O) groups is 1. The minimum Gasteiger partial charge on any atom is -0.467 e. The standard InChI is InChI=1S/C12H13IO4S/c1-3-9-12(13,11(14)17-2)18(15,16)10-7-5-4-6-8-10/h3-8H,1,9H2,2H3. The van der Waals surface area contributed by atoms with Gasteiger partial charge in [0.25, 0.3) is 0 Å². The van der Waals surface area contributed by atoms with E-state index in [1.165, 1.54) is 25.3 Å². The SMILES string of the molecule is C=CCC(I)(C(=O)OC)S(=O)(=O)c1ccccc1. The molecule has 4 nitrogen and oxygen atoms in total. The Hall–Kier alpha value is -0.890. The average Bonchev–Trinajstić information content (AvgIpc) is 2.38. The van der Waals surface area contributed by atoms with Crippen LogP contribution >= 0.6 is 22.6 Å². The zero-order valence-electron chi connectivity index (χ0n) is 9.80. The number of carbonyl (C=O) groups excluding carboxylic acids is 1. The summed E-state index contributed by atoms with van der Waals surface area (Å²) in [5.41, 5.74) is 0. The lowest BCUT2D eigenvalue weighted by Crippen LogP contribution is -2.41. The minimum absolute atomic E-state index is 0.0164. The first-order valence-electron chi connectivity index (χ1n) is 5.08. The number of sulfone groups is 1. The third-order valence-corrected chi connectivity index (χ3v) is 7.07. The van der Waals surface area contributed by atoms with Crippen molar-refractivity contribution >= 4 is 38.4 Å². The molecule has 6 heteroatoms. The lowest BCUT2D eigenvalue weighted by atomic mass is 10.3. The first kappa shape index (κ1) is 15.2. The first-order valence-corrected chi connectivity index (χ1v) is 7.64.